The summed E-state index contributed by atoms with van der Waals surface area (Å²) in [6, 6.07) is 0. The molecule has 19 heavy (non-hydrogen) atoms. The smallest absolute Gasteiger partial charge is 0.311 e. The molecule has 0 N–H and O–H groups in total. The van der Waals surface area contributed by atoms with Crippen molar-refractivity contribution in [2.24, 2.45) is 5.92 Å². The van der Waals surface area contributed by atoms with Crippen molar-refractivity contribution < 1.29 is 19.1 Å². The maximum atomic E-state index is 11.3. The number of carbonyl (C=O) groups excluding carboxylic acids is 2. The highest BCUT2D eigenvalue weighted by atomic mass is 16.7. The van der Waals surface area contributed by atoms with E-state index in [-0.39, 0.29) is 24.6 Å². The minimum Gasteiger partial charge on any atom is -0.428 e. The summed E-state index contributed by atoms with van der Waals surface area (Å²) in [6.45, 7) is 5.42. The second-order valence-electron chi connectivity index (χ2n) is 5.12. The van der Waals surface area contributed by atoms with Gasteiger partial charge in [0.1, 0.15) is 0 Å². The highest BCUT2D eigenvalue weighted by Crippen LogP contribution is 2.08. The lowest BCUT2D eigenvalue weighted by molar-refractivity contribution is -0.169. The van der Waals surface area contributed by atoms with Gasteiger partial charge in [-0.25, -0.2) is 0 Å². The molecule has 0 aliphatic rings. The van der Waals surface area contributed by atoms with Crippen LogP contribution in [0, 0.1) is 5.92 Å². The van der Waals surface area contributed by atoms with Crippen LogP contribution in [0.1, 0.15) is 72.1 Å². The van der Waals surface area contributed by atoms with E-state index >= 15 is 0 Å². The number of carbonyl (C=O) groups is 2. The second kappa shape index (κ2) is 12.0. The molecule has 0 aliphatic heterocycles. The largest absolute Gasteiger partial charge is 0.428 e. The fraction of sp³-hybridized carbons (Fsp3) is 0.867. The Morgan fingerprint density at radius 1 is 0.895 bits per heavy atom. The predicted molar refractivity (Wildman–Crippen MR) is 74.5 cm³/mol. The molecule has 0 amide bonds. The lowest BCUT2D eigenvalue weighted by Gasteiger charge is -2.07. The molecule has 0 radical (unpaired) electrons. The van der Waals surface area contributed by atoms with Gasteiger partial charge >= 0.3 is 11.9 Å². The molecule has 0 bridgehead atoms. The molecule has 112 valence electrons. The first-order chi connectivity index (χ1) is 9.07. The van der Waals surface area contributed by atoms with Gasteiger partial charge in [0, 0.05) is 6.42 Å². The zero-order valence-corrected chi connectivity index (χ0v) is 12.6. The molecule has 0 aliphatic carbocycles. The molecule has 0 heterocycles. The summed E-state index contributed by atoms with van der Waals surface area (Å²) in [5.41, 5.74) is 0. The van der Waals surface area contributed by atoms with Crippen molar-refractivity contribution in [2.45, 2.75) is 72.1 Å². The Bertz CT molecular complexity index is 249. The first-order valence-corrected chi connectivity index (χ1v) is 7.40. The Balaban J connectivity index is 3.33. The molecule has 4 nitrogen and oxygen atoms in total. The lowest BCUT2D eigenvalue weighted by atomic mass is 10.1. The van der Waals surface area contributed by atoms with Crippen LogP contribution >= 0.6 is 0 Å². The van der Waals surface area contributed by atoms with Crippen molar-refractivity contribution in [3.8, 4) is 0 Å². The fourth-order valence-electron chi connectivity index (χ4n) is 1.62. The third kappa shape index (κ3) is 11.7. The third-order valence-electron chi connectivity index (χ3n) is 2.88. The van der Waals surface area contributed by atoms with Crippen LogP contribution in [-0.2, 0) is 19.1 Å². The SMILES string of the molecule is CCCCCCCCCC(=O)OCOC(=O)C(C)C. The molecular weight excluding hydrogens is 244 g/mol. The summed E-state index contributed by atoms with van der Waals surface area (Å²) in [7, 11) is 0. The minimum atomic E-state index is -0.344. The van der Waals surface area contributed by atoms with Crippen LogP contribution in [0.25, 0.3) is 0 Å². The van der Waals surface area contributed by atoms with Crippen molar-refractivity contribution in [3.05, 3.63) is 0 Å². The zero-order valence-electron chi connectivity index (χ0n) is 12.6. The summed E-state index contributed by atoms with van der Waals surface area (Å²) >= 11 is 0. The minimum absolute atomic E-state index is 0.193. The van der Waals surface area contributed by atoms with Crippen LogP contribution in [0.4, 0.5) is 0 Å². The predicted octanol–water partition coefficient (Wildman–Crippen LogP) is 3.83. The van der Waals surface area contributed by atoms with Crippen molar-refractivity contribution in [3.63, 3.8) is 0 Å². The van der Waals surface area contributed by atoms with Crippen LogP contribution in [0.2, 0.25) is 0 Å². The van der Waals surface area contributed by atoms with E-state index in [4.69, 9.17) is 9.47 Å². The molecule has 0 atom stereocenters. The number of hydrogen-bond donors (Lipinski definition) is 0. The molecule has 0 aromatic carbocycles. The maximum absolute atomic E-state index is 11.3. The average Bonchev–Trinajstić information content (AvgIpc) is 2.37. The topological polar surface area (TPSA) is 52.6 Å². The Morgan fingerprint density at radius 3 is 2.05 bits per heavy atom. The number of hydrogen-bond acceptors (Lipinski definition) is 4. The Labute approximate surface area is 116 Å². The monoisotopic (exact) mass is 272 g/mol. The Hall–Kier alpha value is -1.06. The van der Waals surface area contributed by atoms with Crippen LogP contribution in [0.15, 0.2) is 0 Å². The lowest BCUT2D eigenvalue weighted by Crippen LogP contribution is -2.16. The number of ether oxygens (including phenoxy) is 2. The molecular formula is C15H28O4. The number of rotatable bonds is 11. The summed E-state index contributed by atoms with van der Waals surface area (Å²) in [5, 5.41) is 0. The van der Waals surface area contributed by atoms with Crippen molar-refractivity contribution in [1.82, 2.24) is 0 Å². The van der Waals surface area contributed by atoms with Gasteiger partial charge in [0.15, 0.2) is 0 Å². The van der Waals surface area contributed by atoms with Gasteiger partial charge < -0.3 is 9.47 Å². The first kappa shape index (κ1) is 17.9. The van der Waals surface area contributed by atoms with Crippen LogP contribution in [-0.4, -0.2) is 18.7 Å². The van der Waals surface area contributed by atoms with Gasteiger partial charge in [-0.2, -0.15) is 0 Å². The van der Waals surface area contributed by atoms with Gasteiger partial charge in [0.2, 0.25) is 6.79 Å². The van der Waals surface area contributed by atoms with Crippen LogP contribution < -0.4 is 0 Å². The van der Waals surface area contributed by atoms with Gasteiger partial charge in [-0.3, -0.25) is 9.59 Å². The van der Waals surface area contributed by atoms with Crippen molar-refractivity contribution in [2.75, 3.05) is 6.79 Å². The summed E-state index contributed by atoms with van der Waals surface area (Å²) in [5.74, 6) is -0.823. The number of unbranched alkanes of at least 4 members (excludes halogenated alkanes) is 6. The van der Waals surface area contributed by atoms with E-state index in [1.807, 2.05) is 0 Å². The molecule has 0 spiro atoms. The molecule has 0 unspecified atom stereocenters. The Kier molecular flexibility index (Phi) is 11.3. The van der Waals surface area contributed by atoms with Crippen LogP contribution in [0.5, 0.6) is 0 Å². The second-order valence-corrected chi connectivity index (χ2v) is 5.12. The van der Waals surface area contributed by atoms with E-state index in [0.717, 1.165) is 12.8 Å². The van der Waals surface area contributed by atoms with Gasteiger partial charge in [-0.15, -0.1) is 0 Å². The van der Waals surface area contributed by atoms with Gasteiger partial charge in [-0.1, -0.05) is 59.3 Å². The molecule has 0 aromatic heterocycles. The van der Waals surface area contributed by atoms with E-state index in [1.54, 1.807) is 13.8 Å². The average molecular weight is 272 g/mol. The van der Waals surface area contributed by atoms with E-state index in [0.29, 0.717) is 6.42 Å². The first-order valence-electron chi connectivity index (χ1n) is 7.40. The van der Waals surface area contributed by atoms with Crippen LogP contribution in [0.3, 0.4) is 0 Å². The summed E-state index contributed by atoms with van der Waals surface area (Å²) in [4.78, 5) is 22.4. The zero-order chi connectivity index (χ0) is 14.5. The van der Waals surface area contributed by atoms with Crippen molar-refractivity contribution >= 4 is 11.9 Å². The maximum Gasteiger partial charge on any atom is 0.311 e. The van der Waals surface area contributed by atoms with Gasteiger partial charge in [0.05, 0.1) is 5.92 Å². The Morgan fingerprint density at radius 2 is 1.47 bits per heavy atom. The quantitative estimate of drug-likeness (QED) is 0.326. The van der Waals surface area contributed by atoms with E-state index in [9.17, 15) is 9.59 Å². The normalized spacial score (nSPS) is 10.5. The molecule has 0 aromatic rings. The summed E-state index contributed by atoms with van der Waals surface area (Å²) < 4.78 is 9.59. The summed E-state index contributed by atoms with van der Waals surface area (Å²) in [6.07, 6.45) is 8.57. The standard InChI is InChI=1S/C15H28O4/c1-4-5-6-7-8-9-10-11-14(16)18-12-19-15(17)13(2)3/h13H,4-12H2,1-3H3. The highest BCUT2D eigenvalue weighted by molar-refractivity contribution is 5.72. The van der Waals surface area contributed by atoms with E-state index in [1.165, 1.54) is 32.1 Å². The highest BCUT2D eigenvalue weighted by Gasteiger charge is 2.09. The molecule has 0 rings (SSSR count). The third-order valence-corrected chi connectivity index (χ3v) is 2.88. The fourth-order valence-corrected chi connectivity index (χ4v) is 1.62. The van der Waals surface area contributed by atoms with E-state index in [2.05, 4.69) is 6.92 Å². The number of esters is 2. The molecule has 0 saturated heterocycles. The molecule has 4 heteroatoms. The molecule has 0 saturated carbocycles. The van der Waals surface area contributed by atoms with E-state index < -0.39 is 0 Å². The van der Waals surface area contributed by atoms with Gasteiger partial charge in [-0.05, 0) is 6.42 Å². The van der Waals surface area contributed by atoms with Gasteiger partial charge in [0.25, 0.3) is 0 Å². The molecule has 0 fully saturated rings. The van der Waals surface area contributed by atoms with Crippen molar-refractivity contribution in [1.29, 1.82) is 0 Å².